The molecule has 0 saturated carbocycles. The molecule has 0 saturated heterocycles. The van der Waals surface area contributed by atoms with E-state index in [1.807, 2.05) is 18.2 Å². The lowest BCUT2D eigenvalue weighted by Crippen LogP contribution is -2.14. The van der Waals surface area contributed by atoms with Gasteiger partial charge in [0.05, 0.1) is 5.92 Å². The summed E-state index contributed by atoms with van der Waals surface area (Å²) in [6.07, 6.45) is 3.05. The van der Waals surface area contributed by atoms with Crippen molar-refractivity contribution in [2.75, 3.05) is 0 Å². The Morgan fingerprint density at radius 2 is 2.15 bits per heavy atom. The molecule has 0 spiro atoms. The van der Waals surface area contributed by atoms with Gasteiger partial charge in [-0.05, 0) is 42.0 Å². The maximum absolute atomic E-state index is 11.1. The molecular weight excluding hydrogens is 184 g/mol. The summed E-state index contributed by atoms with van der Waals surface area (Å²) in [5, 5.41) is -0.216. The van der Waals surface area contributed by atoms with Crippen LogP contribution in [0.2, 0.25) is 0 Å². The molecule has 0 amide bonds. The Kier molecular flexibility index (Phi) is 2.36. The van der Waals surface area contributed by atoms with Crippen LogP contribution in [-0.2, 0) is 11.2 Å². The number of carbonyl (C=O) groups is 1. The minimum Gasteiger partial charge on any atom is -0.281 e. The van der Waals surface area contributed by atoms with Crippen LogP contribution in [0.3, 0.4) is 0 Å². The van der Waals surface area contributed by atoms with Crippen molar-refractivity contribution in [2.45, 2.75) is 25.2 Å². The molecule has 1 aromatic rings. The van der Waals surface area contributed by atoms with Crippen LogP contribution in [0.15, 0.2) is 24.3 Å². The fourth-order valence-electron chi connectivity index (χ4n) is 1.99. The molecule has 0 heterocycles. The number of hydrogen-bond donors (Lipinski definition) is 0. The number of carbonyl (C=O) groups excluding carboxylic acids is 1. The Morgan fingerprint density at radius 3 is 2.92 bits per heavy atom. The van der Waals surface area contributed by atoms with Gasteiger partial charge in [-0.3, -0.25) is 4.79 Å². The molecule has 0 radical (unpaired) electrons. The maximum Gasteiger partial charge on any atom is 0.229 e. The third-order valence-electron chi connectivity index (χ3n) is 2.64. The number of benzene rings is 1. The second-order valence-electron chi connectivity index (χ2n) is 3.45. The number of hydrogen-bond acceptors (Lipinski definition) is 1. The largest absolute Gasteiger partial charge is 0.281 e. The average molecular weight is 195 g/mol. The third-order valence-corrected chi connectivity index (χ3v) is 2.91. The van der Waals surface area contributed by atoms with Gasteiger partial charge in [-0.25, -0.2) is 0 Å². The first-order chi connectivity index (χ1) is 6.29. The van der Waals surface area contributed by atoms with Crippen molar-refractivity contribution in [1.29, 1.82) is 0 Å². The van der Waals surface area contributed by atoms with Gasteiger partial charge in [0.25, 0.3) is 0 Å². The van der Waals surface area contributed by atoms with Crippen LogP contribution in [0.25, 0.3) is 0 Å². The Hall–Kier alpha value is -0.820. The van der Waals surface area contributed by atoms with E-state index in [0.29, 0.717) is 0 Å². The summed E-state index contributed by atoms with van der Waals surface area (Å²) in [4.78, 5) is 11.1. The van der Waals surface area contributed by atoms with Crippen LogP contribution >= 0.6 is 11.6 Å². The van der Waals surface area contributed by atoms with Crippen molar-refractivity contribution in [3.05, 3.63) is 35.4 Å². The molecule has 0 N–H and O–H groups in total. The number of rotatable bonds is 1. The highest BCUT2D eigenvalue weighted by molar-refractivity contribution is 6.64. The summed E-state index contributed by atoms with van der Waals surface area (Å²) < 4.78 is 0. The van der Waals surface area contributed by atoms with E-state index in [-0.39, 0.29) is 11.2 Å². The lowest BCUT2D eigenvalue weighted by Gasteiger charge is -2.21. The summed E-state index contributed by atoms with van der Waals surface area (Å²) in [6, 6.07) is 8.08. The number of halogens is 1. The first kappa shape index (κ1) is 8.76. The van der Waals surface area contributed by atoms with Crippen LogP contribution in [0.4, 0.5) is 0 Å². The van der Waals surface area contributed by atoms with Crippen LogP contribution in [0.1, 0.15) is 29.9 Å². The van der Waals surface area contributed by atoms with Crippen LogP contribution in [0.5, 0.6) is 0 Å². The smallest absolute Gasteiger partial charge is 0.229 e. The molecule has 2 heteroatoms. The highest BCUT2D eigenvalue weighted by atomic mass is 35.5. The Bertz CT molecular complexity index is 333. The van der Waals surface area contributed by atoms with Crippen molar-refractivity contribution in [3.8, 4) is 0 Å². The fraction of sp³-hybridized carbons (Fsp3) is 0.364. The summed E-state index contributed by atoms with van der Waals surface area (Å²) in [6.45, 7) is 0. The maximum atomic E-state index is 11.1. The van der Waals surface area contributed by atoms with Gasteiger partial charge in [-0.1, -0.05) is 24.3 Å². The van der Waals surface area contributed by atoms with Gasteiger partial charge >= 0.3 is 0 Å². The monoisotopic (exact) mass is 194 g/mol. The molecule has 1 aromatic carbocycles. The van der Waals surface area contributed by atoms with E-state index in [0.717, 1.165) is 24.8 Å². The van der Waals surface area contributed by atoms with Crippen LogP contribution in [-0.4, -0.2) is 5.24 Å². The number of aryl methyl sites for hydroxylation is 1. The van der Waals surface area contributed by atoms with Crippen LogP contribution in [0, 0.1) is 0 Å². The minimum atomic E-state index is -0.216. The topological polar surface area (TPSA) is 17.1 Å². The SMILES string of the molecule is O=C(Cl)[C@H]1CCCc2ccccc21. The molecule has 0 aromatic heterocycles. The van der Waals surface area contributed by atoms with E-state index in [1.165, 1.54) is 5.56 Å². The highest BCUT2D eigenvalue weighted by Gasteiger charge is 2.24. The van der Waals surface area contributed by atoms with Crippen molar-refractivity contribution >= 4 is 16.8 Å². The molecule has 1 atom stereocenters. The van der Waals surface area contributed by atoms with Crippen molar-refractivity contribution in [3.63, 3.8) is 0 Å². The van der Waals surface area contributed by atoms with Crippen molar-refractivity contribution < 1.29 is 4.79 Å². The van der Waals surface area contributed by atoms with Gasteiger partial charge in [0.1, 0.15) is 0 Å². The summed E-state index contributed by atoms with van der Waals surface area (Å²) in [5.41, 5.74) is 2.42. The molecule has 13 heavy (non-hydrogen) atoms. The van der Waals surface area contributed by atoms with E-state index in [9.17, 15) is 4.79 Å². The quantitative estimate of drug-likeness (QED) is 0.629. The second kappa shape index (κ2) is 3.51. The molecule has 1 nitrogen and oxygen atoms in total. The zero-order chi connectivity index (χ0) is 9.26. The van der Waals surface area contributed by atoms with Gasteiger partial charge in [0.2, 0.25) is 5.24 Å². The highest BCUT2D eigenvalue weighted by Crippen LogP contribution is 2.32. The molecule has 0 fully saturated rings. The van der Waals surface area contributed by atoms with Gasteiger partial charge in [-0.2, -0.15) is 0 Å². The third kappa shape index (κ3) is 1.61. The molecule has 1 aliphatic rings. The van der Waals surface area contributed by atoms with Gasteiger partial charge in [0, 0.05) is 0 Å². The molecule has 68 valence electrons. The molecular formula is C11H11ClO. The van der Waals surface area contributed by atoms with Crippen LogP contribution < -0.4 is 0 Å². The summed E-state index contributed by atoms with van der Waals surface area (Å²) >= 11 is 5.55. The molecule has 2 rings (SSSR count). The molecule has 1 aliphatic carbocycles. The Balaban J connectivity index is 2.42. The van der Waals surface area contributed by atoms with Crippen molar-refractivity contribution in [1.82, 2.24) is 0 Å². The predicted molar refractivity (Wildman–Crippen MR) is 53.0 cm³/mol. The Labute approximate surface area is 82.7 Å². The molecule has 0 aliphatic heterocycles. The van der Waals surface area contributed by atoms with Gasteiger partial charge < -0.3 is 0 Å². The average Bonchev–Trinajstić information content (AvgIpc) is 2.17. The summed E-state index contributed by atoms with van der Waals surface area (Å²) in [5.74, 6) is -0.0633. The van der Waals surface area contributed by atoms with E-state index in [1.54, 1.807) is 0 Å². The lowest BCUT2D eigenvalue weighted by atomic mass is 9.84. The fourth-order valence-corrected chi connectivity index (χ4v) is 2.22. The zero-order valence-electron chi connectivity index (χ0n) is 7.29. The first-order valence-corrected chi connectivity index (χ1v) is 4.94. The number of fused-ring (bicyclic) bond motifs is 1. The van der Waals surface area contributed by atoms with E-state index < -0.39 is 0 Å². The van der Waals surface area contributed by atoms with Gasteiger partial charge in [-0.15, -0.1) is 0 Å². The first-order valence-electron chi connectivity index (χ1n) is 4.56. The Morgan fingerprint density at radius 1 is 1.38 bits per heavy atom. The minimum absolute atomic E-state index is 0.0633. The second-order valence-corrected chi connectivity index (χ2v) is 3.82. The molecule has 0 unspecified atom stereocenters. The normalized spacial score (nSPS) is 20.8. The molecule has 0 bridgehead atoms. The zero-order valence-corrected chi connectivity index (χ0v) is 8.05. The van der Waals surface area contributed by atoms with Gasteiger partial charge in [0.15, 0.2) is 0 Å². The van der Waals surface area contributed by atoms with E-state index in [2.05, 4.69) is 6.07 Å². The van der Waals surface area contributed by atoms with E-state index in [4.69, 9.17) is 11.6 Å². The predicted octanol–water partition coefficient (Wildman–Crippen LogP) is 2.87. The van der Waals surface area contributed by atoms with Crippen molar-refractivity contribution in [2.24, 2.45) is 0 Å². The lowest BCUT2D eigenvalue weighted by molar-refractivity contribution is -0.113. The standard InChI is InChI=1S/C11H11ClO/c12-11(13)10-7-3-5-8-4-1-2-6-9(8)10/h1-2,4,6,10H,3,5,7H2/t10-/m0/s1. The summed E-state index contributed by atoms with van der Waals surface area (Å²) in [7, 11) is 0. The van der Waals surface area contributed by atoms with E-state index >= 15 is 0 Å².